The number of benzene rings is 1. The Balaban J connectivity index is 1.40. The lowest BCUT2D eigenvalue weighted by molar-refractivity contribution is 0.0142. The second kappa shape index (κ2) is 9.99. The molecule has 1 saturated carbocycles. The number of aromatic nitrogens is 2. The number of likely N-dealkylation sites (tertiary alicyclic amines) is 1. The molecular weight excluding hydrogens is 432 g/mol. The van der Waals surface area contributed by atoms with E-state index in [0.717, 1.165) is 37.0 Å². The monoisotopic (exact) mass is 466 g/mol. The van der Waals surface area contributed by atoms with Gasteiger partial charge in [-0.05, 0) is 77.6 Å². The van der Waals surface area contributed by atoms with Gasteiger partial charge in [0, 0.05) is 43.1 Å². The summed E-state index contributed by atoms with van der Waals surface area (Å²) < 4.78 is 11.0. The van der Waals surface area contributed by atoms with Gasteiger partial charge in [0.1, 0.15) is 11.4 Å². The third kappa shape index (κ3) is 5.85. The SMILES string of the molecule is CCOc1ccc(-c2ncc(C(=O)N(C3CC3)C3CCN(C(=O)OC(C)(C)C)CC3)cn2)cc1. The Morgan fingerprint density at radius 2 is 1.59 bits per heavy atom. The van der Waals surface area contributed by atoms with Crippen LogP contribution < -0.4 is 4.74 Å². The van der Waals surface area contributed by atoms with Gasteiger partial charge in [0.2, 0.25) is 0 Å². The average Bonchev–Trinajstić information content (AvgIpc) is 3.64. The van der Waals surface area contributed by atoms with Gasteiger partial charge in [-0.25, -0.2) is 14.8 Å². The summed E-state index contributed by atoms with van der Waals surface area (Å²) in [5.74, 6) is 1.34. The van der Waals surface area contributed by atoms with Gasteiger partial charge >= 0.3 is 6.09 Å². The van der Waals surface area contributed by atoms with E-state index in [2.05, 4.69) is 9.97 Å². The van der Waals surface area contributed by atoms with Crippen LogP contribution in [-0.2, 0) is 4.74 Å². The first-order valence-corrected chi connectivity index (χ1v) is 12.1. The minimum atomic E-state index is -0.512. The van der Waals surface area contributed by atoms with Gasteiger partial charge in [0.25, 0.3) is 5.91 Å². The first kappa shape index (κ1) is 24.0. The summed E-state index contributed by atoms with van der Waals surface area (Å²) >= 11 is 0. The molecule has 1 aliphatic heterocycles. The van der Waals surface area contributed by atoms with Crippen LogP contribution >= 0.6 is 0 Å². The lowest BCUT2D eigenvalue weighted by atomic mass is 10.0. The van der Waals surface area contributed by atoms with Crippen LogP contribution in [0.5, 0.6) is 5.75 Å². The zero-order valence-electron chi connectivity index (χ0n) is 20.5. The van der Waals surface area contributed by atoms with E-state index >= 15 is 0 Å². The molecule has 2 heterocycles. The summed E-state index contributed by atoms with van der Waals surface area (Å²) in [6.45, 7) is 9.34. The van der Waals surface area contributed by atoms with E-state index in [9.17, 15) is 9.59 Å². The molecule has 0 radical (unpaired) electrons. The number of carbonyl (C=O) groups is 2. The maximum absolute atomic E-state index is 13.4. The van der Waals surface area contributed by atoms with Gasteiger partial charge < -0.3 is 19.3 Å². The van der Waals surface area contributed by atoms with Crippen molar-refractivity contribution in [2.24, 2.45) is 0 Å². The normalized spacial score (nSPS) is 16.8. The minimum absolute atomic E-state index is 0.0311. The van der Waals surface area contributed by atoms with Gasteiger partial charge in [0.05, 0.1) is 12.2 Å². The van der Waals surface area contributed by atoms with Crippen LogP contribution in [0.25, 0.3) is 11.4 Å². The van der Waals surface area contributed by atoms with Crippen molar-refractivity contribution < 1.29 is 19.1 Å². The van der Waals surface area contributed by atoms with Crippen LogP contribution in [0.3, 0.4) is 0 Å². The summed E-state index contributed by atoms with van der Waals surface area (Å²) in [4.78, 5) is 38.5. The molecule has 1 aliphatic carbocycles. The molecule has 0 unspecified atom stereocenters. The van der Waals surface area contributed by atoms with Crippen molar-refractivity contribution in [3.05, 3.63) is 42.2 Å². The predicted octanol–water partition coefficient (Wildman–Crippen LogP) is 4.55. The molecule has 182 valence electrons. The molecule has 0 atom stereocenters. The van der Waals surface area contributed by atoms with E-state index in [1.54, 1.807) is 17.3 Å². The maximum atomic E-state index is 13.4. The van der Waals surface area contributed by atoms with Crippen LogP contribution in [0.15, 0.2) is 36.7 Å². The first-order valence-electron chi connectivity index (χ1n) is 12.1. The number of ether oxygens (including phenoxy) is 2. The number of carbonyl (C=O) groups excluding carboxylic acids is 2. The molecule has 0 N–H and O–H groups in total. The molecule has 2 aliphatic rings. The molecular formula is C26H34N4O4. The van der Waals surface area contributed by atoms with Crippen molar-refractivity contribution in [2.75, 3.05) is 19.7 Å². The van der Waals surface area contributed by atoms with Crippen molar-refractivity contribution in [1.29, 1.82) is 0 Å². The van der Waals surface area contributed by atoms with Gasteiger partial charge in [-0.3, -0.25) is 4.79 Å². The summed E-state index contributed by atoms with van der Waals surface area (Å²) in [6, 6.07) is 7.97. The van der Waals surface area contributed by atoms with Gasteiger partial charge in [0.15, 0.2) is 5.82 Å². The van der Waals surface area contributed by atoms with Gasteiger partial charge in [-0.15, -0.1) is 0 Å². The van der Waals surface area contributed by atoms with Gasteiger partial charge in [-0.1, -0.05) is 0 Å². The highest BCUT2D eigenvalue weighted by atomic mass is 16.6. The van der Waals surface area contributed by atoms with E-state index in [1.807, 2.05) is 56.9 Å². The number of amides is 2. The standard InChI is InChI=1S/C26H34N4O4/c1-5-33-22-10-6-18(7-11-22)23-27-16-19(17-28-23)24(31)30(20-8-9-20)21-12-14-29(15-13-21)25(32)34-26(2,3)4/h6-7,10-11,16-17,20-21H,5,8-9,12-15H2,1-4H3. The summed E-state index contributed by atoms with van der Waals surface area (Å²) in [6.07, 6.45) is 6.47. The first-order chi connectivity index (χ1) is 16.2. The van der Waals surface area contributed by atoms with Crippen molar-refractivity contribution in [3.8, 4) is 17.1 Å². The second-order valence-electron chi connectivity index (χ2n) is 9.89. The van der Waals surface area contributed by atoms with Crippen LogP contribution in [0.1, 0.15) is 63.7 Å². The summed E-state index contributed by atoms with van der Waals surface area (Å²) in [5.41, 5.74) is 0.855. The lowest BCUT2D eigenvalue weighted by Crippen LogP contribution is -2.50. The maximum Gasteiger partial charge on any atom is 0.410 e. The van der Waals surface area contributed by atoms with E-state index in [1.165, 1.54) is 0 Å². The minimum Gasteiger partial charge on any atom is -0.494 e. The lowest BCUT2D eigenvalue weighted by Gasteiger charge is -2.39. The molecule has 2 aromatic rings. The average molecular weight is 467 g/mol. The number of nitrogens with zero attached hydrogens (tertiary/aromatic N) is 4. The molecule has 2 amide bonds. The largest absolute Gasteiger partial charge is 0.494 e. The highest BCUT2D eigenvalue weighted by Gasteiger charge is 2.40. The Bertz CT molecular complexity index is 989. The summed E-state index contributed by atoms with van der Waals surface area (Å²) in [7, 11) is 0. The van der Waals surface area contributed by atoms with E-state index in [0.29, 0.717) is 31.1 Å². The van der Waals surface area contributed by atoms with Crippen LogP contribution in [0.2, 0.25) is 0 Å². The number of rotatable bonds is 6. The Hall–Kier alpha value is -3.16. The fraction of sp³-hybridized carbons (Fsp3) is 0.538. The molecule has 1 aromatic carbocycles. The molecule has 8 nitrogen and oxygen atoms in total. The Labute approximate surface area is 201 Å². The molecule has 0 spiro atoms. The Morgan fingerprint density at radius 1 is 1.00 bits per heavy atom. The topological polar surface area (TPSA) is 84.9 Å². The molecule has 4 rings (SSSR count). The van der Waals surface area contributed by atoms with Gasteiger partial charge in [-0.2, -0.15) is 0 Å². The number of piperidine rings is 1. The third-order valence-corrected chi connectivity index (χ3v) is 6.01. The number of hydrogen-bond acceptors (Lipinski definition) is 6. The van der Waals surface area contributed by atoms with Crippen LogP contribution in [-0.4, -0.2) is 69.1 Å². The van der Waals surface area contributed by atoms with Crippen molar-refractivity contribution >= 4 is 12.0 Å². The smallest absolute Gasteiger partial charge is 0.410 e. The van der Waals surface area contributed by atoms with E-state index in [4.69, 9.17) is 9.47 Å². The fourth-order valence-corrected chi connectivity index (χ4v) is 4.24. The molecule has 1 aromatic heterocycles. The van der Waals surface area contributed by atoms with E-state index < -0.39 is 5.60 Å². The second-order valence-corrected chi connectivity index (χ2v) is 9.89. The zero-order valence-corrected chi connectivity index (χ0v) is 20.5. The zero-order chi connectivity index (χ0) is 24.3. The predicted molar refractivity (Wildman–Crippen MR) is 129 cm³/mol. The van der Waals surface area contributed by atoms with Crippen molar-refractivity contribution in [3.63, 3.8) is 0 Å². The van der Waals surface area contributed by atoms with Crippen molar-refractivity contribution in [1.82, 2.24) is 19.8 Å². The van der Waals surface area contributed by atoms with E-state index in [-0.39, 0.29) is 24.1 Å². The molecule has 2 fully saturated rings. The quantitative estimate of drug-likeness (QED) is 0.621. The van der Waals surface area contributed by atoms with Crippen LogP contribution in [0.4, 0.5) is 4.79 Å². The molecule has 8 heteroatoms. The Kier molecular flexibility index (Phi) is 7.05. The highest BCUT2D eigenvalue weighted by molar-refractivity contribution is 5.94. The van der Waals surface area contributed by atoms with Crippen LogP contribution in [0, 0.1) is 0 Å². The molecule has 34 heavy (non-hydrogen) atoms. The summed E-state index contributed by atoms with van der Waals surface area (Å²) in [5, 5.41) is 0. The van der Waals surface area contributed by atoms with Crippen molar-refractivity contribution in [2.45, 2.75) is 71.1 Å². The number of hydrogen-bond donors (Lipinski definition) is 0. The fourth-order valence-electron chi connectivity index (χ4n) is 4.24. The molecule has 0 bridgehead atoms. The molecule has 1 saturated heterocycles. The third-order valence-electron chi connectivity index (χ3n) is 6.01. The highest BCUT2D eigenvalue weighted by Crippen LogP contribution is 2.33. The Morgan fingerprint density at radius 3 is 2.12 bits per heavy atom.